The lowest BCUT2D eigenvalue weighted by molar-refractivity contribution is 0.582. The first-order chi connectivity index (χ1) is 7.72. The minimum atomic E-state index is 0.353. The molecule has 3 rings (SSSR count). The smallest absolute Gasteiger partial charge is 0.194 e. The summed E-state index contributed by atoms with van der Waals surface area (Å²) < 4.78 is 7.16. The van der Waals surface area contributed by atoms with Gasteiger partial charge in [0.25, 0.3) is 0 Å². The van der Waals surface area contributed by atoms with E-state index < -0.39 is 0 Å². The van der Waals surface area contributed by atoms with Gasteiger partial charge in [-0.25, -0.2) is 4.98 Å². The van der Waals surface area contributed by atoms with Crippen molar-refractivity contribution in [2.45, 2.75) is 0 Å². The molecule has 0 spiro atoms. The molecule has 0 aliphatic rings. The quantitative estimate of drug-likeness (QED) is 0.703. The molecular formula is C11H8ClN3O. The zero-order chi connectivity index (χ0) is 11.1. The van der Waals surface area contributed by atoms with E-state index in [-0.39, 0.29) is 0 Å². The summed E-state index contributed by atoms with van der Waals surface area (Å²) in [6, 6.07) is 7.09. The van der Waals surface area contributed by atoms with Crippen molar-refractivity contribution in [3.63, 3.8) is 0 Å². The fourth-order valence-electron chi connectivity index (χ4n) is 1.57. The van der Waals surface area contributed by atoms with E-state index in [4.69, 9.17) is 21.8 Å². The standard InChI is InChI=1S/C11H8ClN3O/c12-10-2-1-9(16-10)8-6-15-4-3-7(13)5-11(15)14-8/h1-6H,13H2. The molecule has 2 N–H and O–H groups in total. The Morgan fingerprint density at radius 1 is 1.31 bits per heavy atom. The minimum absolute atomic E-state index is 0.353. The summed E-state index contributed by atoms with van der Waals surface area (Å²) in [5, 5.41) is 0.353. The third-order valence-electron chi connectivity index (χ3n) is 2.31. The number of hydrogen-bond acceptors (Lipinski definition) is 3. The fraction of sp³-hybridized carbons (Fsp3) is 0. The van der Waals surface area contributed by atoms with Crippen LogP contribution in [0.15, 0.2) is 41.1 Å². The van der Waals surface area contributed by atoms with Gasteiger partial charge in [0.2, 0.25) is 0 Å². The highest BCUT2D eigenvalue weighted by atomic mass is 35.5. The first-order valence-corrected chi connectivity index (χ1v) is 5.10. The van der Waals surface area contributed by atoms with Gasteiger partial charge >= 0.3 is 0 Å². The molecule has 0 aromatic carbocycles. The van der Waals surface area contributed by atoms with E-state index in [1.54, 1.807) is 18.2 Å². The molecule has 0 aliphatic heterocycles. The Bertz CT molecular complexity index is 656. The van der Waals surface area contributed by atoms with Gasteiger partial charge in [0.05, 0.1) is 0 Å². The van der Waals surface area contributed by atoms with Gasteiger partial charge in [-0.2, -0.15) is 0 Å². The summed E-state index contributed by atoms with van der Waals surface area (Å²) >= 11 is 5.71. The van der Waals surface area contributed by atoms with Crippen LogP contribution in [0.2, 0.25) is 5.22 Å². The second kappa shape index (κ2) is 3.28. The Kier molecular flexibility index (Phi) is 1.91. The lowest BCUT2D eigenvalue weighted by atomic mass is 10.4. The lowest BCUT2D eigenvalue weighted by Gasteiger charge is -1.92. The SMILES string of the molecule is Nc1ccn2cc(-c3ccc(Cl)o3)nc2c1. The van der Waals surface area contributed by atoms with Crippen molar-refractivity contribution in [1.82, 2.24) is 9.38 Å². The molecule has 0 saturated heterocycles. The average molecular weight is 234 g/mol. The Labute approximate surface area is 96.3 Å². The van der Waals surface area contributed by atoms with Crippen LogP contribution in [0, 0.1) is 0 Å². The number of pyridine rings is 1. The molecule has 5 heteroatoms. The Morgan fingerprint density at radius 3 is 2.94 bits per heavy atom. The van der Waals surface area contributed by atoms with Crippen LogP contribution >= 0.6 is 11.6 Å². The highest BCUT2D eigenvalue weighted by Gasteiger charge is 2.08. The first kappa shape index (κ1) is 9.30. The molecule has 16 heavy (non-hydrogen) atoms. The van der Waals surface area contributed by atoms with Crippen molar-refractivity contribution >= 4 is 22.9 Å². The van der Waals surface area contributed by atoms with Crippen LogP contribution in [0.4, 0.5) is 5.69 Å². The Hall–Kier alpha value is -1.94. The zero-order valence-corrected chi connectivity index (χ0v) is 8.98. The predicted octanol–water partition coefficient (Wildman–Crippen LogP) is 2.83. The highest BCUT2D eigenvalue weighted by molar-refractivity contribution is 6.28. The summed E-state index contributed by atoms with van der Waals surface area (Å²) in [6.45, 7) is 0. The van der Waals surface area contributed by atoms with Gasteiger partial charge < -0.3 is 14.6 Å². The number of rotatable bonds is 1. The van der Waals surface area contributed by atoms with E-state index in [0.29, 0.717) is 16.7 Å². The molecule has 80 valence electrons. The monoisotopic (exact) mass is 233 g/mol. The molecular weight excluding hydrogens is 226 g/mol. The normalized spacial score (nSPS) is 11.1. The molecule has 0 aliphatic carbocycles. The number of nitrogens with two attached hydrogens (primary N) is 1. The van der Waals surface area contributed by atoms with Crippen LogP contribution in [-0.2, 0) is 0 Å². The topological polar surface area (TPSA) is 56.5 Å². The molecule has 0 unspecified atom stereocenters. The highest BCUT2D eigenvalue weighted by Crippen LogP contribution is 2.24. The van der Waals surface area contributed by atoms with Crippen LogP contribution in [0.3, 0.4) is 0 Å². The Morgan fingerprint density at radius 2 is 2.19 bits per heavy atom. The van der Waals surface area contributed by atoms with Crippen molar-refractivity contribution in [1.29, 1.82) is 0 Å². The van der Waals surface area contributed by atoms with Crippen molar-refractivity contribution in [2.24, 2.45) is 0 Å². The molecule has 3 aromatic heterocycles. The minimum Gasteiger partial charge on any atom is -0.443 e. The van der Waals surface area contributed by atoms with Gasteiger partial charge in [0, 0.05) is 24.1 Å². The van der Waals surface area contributed by atoms with Gasteiger partial charge in [0.15, 0.2) is 11.0 Å². The van der Waals surface area contributed by atoms with Crippen molar-refractivity contribution in [3.05, 3.63) is 41.9 Å². The van der Waals surface area contributed by atoms with Crippen LogP contribution in [-0.4, -0.2) is 9.38 Å². The number of fused-ring (bicyclic) bond motifs is 1. The second-order valence-electron chi connectivity index (χ2n) is 3.46. The van der Waals surface area contributed by atoms with Crippen LogP contribution in [0.25, 0.3) is 17.1 Å². The first-order valence-electron chi connectivity index (χ1n) is 4.72. The number of nitrogens with zero attached hydrogens (tertiary/aromatic N) is 2. The van der Waals surface area contributed by atoms with Crippen LogP contribution in [0.1, 0.15) is 0 Å². The van der Waals surface area contributed by atoms with Gasteiger partial charge in [-0.15, -0.1) is 0 Å². The van der Waals surface area contributed by atoms with Crippen molar-refractivity contribution < 1.29 is 4.42 Å². The molecule has 0 radical (unpaired) electrons. The third-order valence-corrected chi connectivity index (χ3v) is 2.51. The number of anilines is 1. The molecule has 3 heterocycles. The maximum absolute atomic E-state index is 5.71. The van der Waals surface area contributed by atoms with Crippen molar-refractivity contribution in [3.8, 4) is 11.5 Å². The molecule has 0 bridgehead atoms. The predicted molar refractivity (Wildman–Crippen MR) is 62.3 cm³/mol. The molecule has 0 atom stereocenters. The van der Waals surface area contributed by atoms with Crippen molar-refractivity contribution in [2.75, 3.05) is 5.73 Å². The Balaban J connectivity index is 2.18. The molecule has 3 aromatic rings. The lowest BCUT2D eigenvalue weighted by Crippen LogP contribution is -1.87. The van der Waals surface area contributed by atoms with Gasteiger partial charge in [-0.3, -0.25) is 0 Å². The summed E-state index contributed by atoms with van der Waals surface area (Å²) in [5.74, 6) is 0.646. The van der Waals surface area contributed by atoms with E-state index in [0.717, 1.165) is 11.3 Å². The molecule has 0 fully saturated rings. The van der Waals surface area contributed by atoms with E-state index >= 15 is 0 Å². The number of hydrogen-bond donors (Lipinski definition) is 1. The number of aromatic nitrogens is 2. The van der Waals surface area contributed by atoms with Gasteiger partial charge in [-0.1, -0.05) is 0 Å². The molecule has 0 saturated carbocycles. The molecule has 4 nitrogen and oxygen atoms in total. The number of nitrogen functional groups attached to an aromatic ring is 1. The summed E-state index contributed by atoms with van der Waals surface area (Å²) in [7, 11) is 0. The zero-order valence-electron chi connectivity index (χ0n) is 8.22. The van der Waals surface area contributed by atoms with E-state index in [1.807, 2.05) is 22.9 Å². The maximum Gasteiger partial charge on any atom is 0.194 e. The number of halogens is 1. The average Bonchev–Trinajstić information content (AvgIpc) is 2.83. The molecule has 0 amide bonds. The summed E-state index contributed by atoms with van der Waals surface area (Å²) in [4.78, 5) is 4.39. The fourth-order valence-corrected chi connectivity index (χ4v) is 1.71. The maximum atomic E-state index is 5.71. The largest absolute Gasteiger partial charge is 0.443 e. The number of furan rings is 1. The van der Waals surface area contributed by atoms with Gasteiger partial charge in [-0.05, 0) is 29.8 Å². The van der Waals surface area contributed by atoms with E-state index in [9.17, 15) is 0 Å². The van der Waals surface area contributed by atoms with E-state index in [2.05, 4.69) is 4.98 Å². The van der Waals surface area contributed by atoms with E-state index in [1.165, 1.54) is 0 Å². The second-order valence-corrected chi connectivity index (χ2v) is 3.83. The van der Waals surface area contributed by atoms with Crippen LogP contribution in [0.5, 0.6) is 0 Å². The van der Waals surface area contributed by atoms with Crippen LogP contribution < -0.4 is 5.73 Å². The summed E-state index contributed by atoms with van der Waals surface area (Å²) in [6.07, 6.45) is 3.72. The van der Waals surface area contributed by atoms with Gasteiger partial charge in [0.1, 0.15) is 11.3 Å². The number of imidazole rings is 1. The third kappa shape index (κ3) is 1.44. The summed E-state index contributed by atoms with van der Waals surface area (Å²) in [5.41, 5.74) is 7.87.